The van der Waals surface area contributed by atoms with Gasteiger partial charge in [0.25, 0.3) is 5.91 Å². The van der Waals surface area contributed by atoms with Gasteiger partial charge in [-0.25, -0.2) is 0 Å². The first-order valence-corrected chi connectivity index (χ1v) is 6.28. The third-order valence-electron chi connectivity index (χ3n) is 3.19. The molecule has 1 fully saturated rings. The number of nitrogens with one attached hydrogen (secondary N) is 1. The molecule has 0 unspecified atom stereocenters. The highest BCUT2D eigenvalue weighted by atomic mass is 35.5. The maximum absolute atomic E-state index is 12.4. The quantitative estimate of drug-likeness (QED) is 0.859. The first-order valence-electron chi connectivity index (χ1n) is 5.90. The van der Waals surface area contributed by atoms with Crippen molar-refractivity contribution in [2.45, 2.75) is 0 Å². The topological polar surface area (TPSA) is 45.3 Å². The van der Waals surface area contributed by atoms with Gasteiger partial charge in [0.15, 0.2) is 0 Å². The fourth-order valence-corrected chi connectivity index (χ4v) is 2.46. The number of fused-ring (bicyclic) bond motifs is 1. The van der Waals surface area contributed by atoms with Gasteiger partial charge in [0, 0.05) is 24.7 Å². The molecule has 18 heavy (non-hydrogen) atoms. The van der Waals surface area contributed by atoms with Crippen LogP contribution in [0.1, 0.15) is 10.4 Å². The van der Waals surface area contributed by atoms with Crippen molar-refractivity contribution in [1.82, 2.24) is 9.88 Å². The van der Waals surface area contributed by atoms with Crippen molar-refractivity contribution in [3.63, 3.8) is 0 Å². The molecule has 1 aromatic carbocycles. The molecule has 5 heteroatoms. The molecule has 1 aromatic heterocycles. The molecule has 0 bridgehead atoms. The standard InChI is InChI=1S/C13H13ClN2O2/c14-11-3-1-2-9-10(8-15-12(9)11)13(17)16-4-6-18-7-5-16/h1-3,8,15H,4-7H2. The smallest absolute Gasteiger partial charge is 0.256 e. The first kappa shape index (κ1) is 11.6. The molecule has 0 radical (unpaired) electrons. The highest BCUT2D eigenvalue weighted by Crippen LogP contribution is 2.26. The molecule has 2 aromatic rings. The van der Waals surface area contributed by atoms with Gasteiger partial charge in [-0.15, -0.1) is 0 Å². The first-order chi connectivity index (χ1) is 8.77. The van der Waals surface area contributed by atoms with Crippen molar-refractivity contribution in [2.75, 3.05) is 26.3 Å². The third kappa shape index (κ3) is 1.87. The van der Waals surface area contributed by atoms with E-state index < -0.39 is 0 Å². The van der Waals surface area contributed by atoms with Gasteiger partial charge in [-0.05, 0) is 6.07 Å². The third-order valence-corrected chi connectivity index (χ3v) is 3.51. The SMILES string of the molecule is O=C(c1c[nH]c2c(Cl)cccc12)N1CCOCC1. The Balaban J connectivity index is 1.98. The Bertz CT molecular complexity index is 588. The number of carbonyl (C=O) groups is 1. The van der Waals surface area contributed by atoms with Gasteiger partial charge in [-0.2, -0.15) is 0 Å². The van der Waals surface area contributed by atoms with Crippen LogP contribution in [-0.2, 0) is 4.74 Å². The molecular weight excluding hydrogens is 252 g/mol. The van der Waals surface area contributed by atoms with E-state index in [2.05, 4.69) is 4.98 Å². The van der Waals surface area contributed by atoms with Crippen LogP contribution < -0.4 is 0 Å². The molecule has 1 saturated heterocycles. The normalized spacial score (nSPS) is 16.2. The van der Waals surface area contributed by atoms with Crippen LogP contribution in [0.25, 0.3) is 10.9 Å². The van der Waals surface area contributed by atoms with Crippen molar-refractivity contribution in [3.05, 3.63) is 35.0 Å². The summed E-state index contributed by atoms with van der Waals surface area (Å²) in [5.74, 6) is 0.0341. The second-order valence-corrected chi connectivity index (χ2v) is 4.68. The Morgan fingerprint density at radius 2 is 2.11 bits per heavy atom. The lowest BCUT2D eigenvalue weighted by Crippen LogP contribution is -2.40. The summed E-state index contributed by atoms with van der Waals surface area (Å²) in [6.07, 6.45) is 1.73. The number of aromatic nitrogens is 1. The Labute approximate surface area is 109 Å². The van der Waals surface area contributed by atoms with Gasteiger partial charge < -0.3 is 14.6 Å². The number of morpholine rings is 1. The molecule has 1 amide bonds. The number of hydrogen-bond acceptors (Lipinski definition) is 2. The number of benzene rings is 1. The fourth-order valence-electron chi connectivity index (χ4n) is 2.23. The summed E-state index contributed by atoms with van der Waals surface area (Å²) < 4.78 is 5.25. The molecule has 2 heterocycles. The molecule has 1 aliphatic rings. The van der Waals surface area contributed by atoms with Crippen LogP contribution in [-0.4, -0.2) is 42.1 Å². The van der Waals surface area contributed by atoms with Gasteiger partial charge in [0.05, 0.1) is 29.3 Å². The van der Waals surface area contributed by atoms with Crippen LogP contribution in [0.5, 0.6) is 0 Å². The van der Waals surface area contributed by atoms with Crippen LogP contribution in [0.2, 0.25) is 5.02 Å². The molecule has 0 atom stereocenters. The van der Waals surface area contributed by atoms with Gasteiger partial charge in [-0.1, -0.05) is 23.7 Å². The fraction of sp³-hybridized carbons (Fsp3) is 0.308. The van der Waals surface area contributed by atoms with Crippen molar-refractivity contribution >= 4 is 28.4 Å². The van der Waals surface area contributed by atoms with E-state index in [0.29, 0.717) is 36.9 Å². The van der Waals surface area contributed by atoms with E-state index in [1.807, 2.05) is 23.1 Å². The molecule has 0 spiro atoms. The molecule has 1 N–H and O–H groups in total. The molecule has 0 aliphatic carbocycles. The van der Waals surface area contributed by atoms with E-state index in [9.17, 15) is 4.79 Å². The highest BCUT2D eigenvalue weighted by Gasteiger charge is 2.21. The second kappa shape index (κ2) is 4.63. The van der Waals surface area contributed by atoms with Crippen molar-refractivity contribution in [2.24, 2.45) is 0 Å². The Kier molecular flexibility index (Phi) is 2.97. The lowest BCUT2D eigenvalue weighted by atomic mass is 10.1. The van der Waals surface area contributed by atoms with Gasteiger partial charge in [0.2, 0.25) is 0 Å². The van der Waals surface area contributed by atoms with Gasteiger partial charge >= 0.3 is 0 Å². The molecule has 4 nitrogen and oxygen atoms in total. The van der Waals surface area contributed by atoms with E-state index in [1.54, 1.807) is 6.20 Å². The van der Waals surface area contributed by atoms with Crippen molar-refractivity contribution in [3.8, 4) is 0 Å². The van der Waals surface area contributed by atoms with E-state index >= 15 is 0 Å². The number of rotatable bonds is 1. The Hall–Kier alpha value is -1.52. The van der Waals surface area contributed by atoms with Crippen LogP contribution in [0, 0.1) is 0 Å². The maximum atomic E-state index is 12.4. The molecule has 0 saturated carbocycles. The Morgan fingerprint density at radius 1 is 1.33 bits per heavy atom. The lowest BCUT2D eigenvalue weighted by Gasteiger charge is -2.26. The number of para-hydroxylation sites is 1. The summed E-state index contributed by atoms with van der Waals surface area (Å²) in [5, 5.41) is 1.51. The Morgan fingerprint density at radius 3 is 2.89 bits per heavy atom. The minimum atomic E-state index is 0.0341. The van der Waals surface area contributed by atoms with Crippen LogP contribution >= 0.6 is 11.6 Å². The van der Waals surface area contributed by atoms with Gasteiger partial charge in [0.1, 0.15) is 0 Å². The van der Waals surface area contributed by atoms with E-state index in [0.717, 1.165) is 10.9 Å². The summed E-state index contributed by atoms with van der Waals surface area (Å²) in [4.78, 5) is 17.3. The highest BCUT2D eigenvalue weighted by molar-refractivity contribution is 6.35. The average molecular weight is 265 g/mol. The number of amides is 1. The number of hydrogen-bond donors (Lipinski definition) is 1. The van der Waals surface area contributed by atoms with E-state index in [1.165, 1.54) is 0 Å². The summed E-state index contributed by atoms with van der Waals surface area (Å²) in [6, 6.07) is 5.57. The van der Waals surface area contributed by atoms with E-state index in [4.69, 9.17) is 16.3 Å². The zero-order valence-electron chi connectivity index (χ0n) is 9.78. The lowest BCUT2D eigenvalue weighted by molar-refractivity contribution is 0.0304. The monoisotopic (exact) mass is 264 g/mol. The average Bonchev–Trinajstić information content (AvgIpc) is 2.84. The van der Waals surface area contributed by atoms with Crippen molar-refractivity contribution < 1.29 is 9.53 Å². The zero-order chi connectivity index (χ0) is 12.5. The van der Waals surface area contributed by atoms with Crippen LogP contribution in [0.4, 0.5) is 0 Å². The molecular formula is C13H13ClN2O2. The predicted octanol–water partition coefficient (Wildman–Crippen LogP) is 2.29. The van der Waals surface area contributed by atoms with Crippen LogP contribution in [0.15, 0.2) is 24.4 Å². The number of nitrogens with zero attached hydrogens (tertiary/aromatic N) is 1. The molecule has 94 valence electrons. The number of carbonyl (C=O) groups excluding carboxylic acids is 1. The number of ether oxygens (including phenoxy) is 1. The second-order valence-electron chi connectivity index (χ2n) is 4.27. The number of H-pyrrole nitrogens is 1. The summed E-state index contributed by atoms with van der Waals surface area (Å²) >= 11 is 6.08. The van der Waals surface area contributed by atoms with Crippen molar-refractivity contribution in [1.29, 1.82) is 0 Å². The van der Waals surface area contributed by atoms with E-state index in [-0.39, 0.29) is 5.91 Å². The molecule has 3 rings (SSSR count). The zero-order valence-corrected chi connectivity index (χ0v) is 10.5. The summed E-state index contributed by atoms with van der Waals surface area (Å²) in [6.45, 7) is 2.50. The number of aromatic amines is 1. The largest absolute Gasteiger partial charge is 0.378 e. The minimum Gasteiger partial charge on any atom is -0.378 e. The van der Waals surface area contributed by atoms with Gasteiger partial charge in [-0.3, -0.25) is 4.79 Å². The predicted molar refractivity (Wildman–Crippen MR) is 70.0 cm³/mol. The minimum absolute atomic E-state index is 0.0341. The summed E-state index contributed by atoms with van der Waals surface area (Å²) in [5.41, 5.74) is 1.49. The van der Waals surface area contributed by atoms with Crippen LogP contribution in [0.3, 0.4) is 0 Å². The summed E-state index contributed by atoms with van der Waals surface area (Å²) in [7, 11) is 0. The molecule has 1 aliphatic heterocycles. The maximum Gasteiger partial charge on any atom is 0.256 e. The number of halogens is 1.